The van der Waals surface area contributed by atoms with Crippen LogP contribution >= 0.6 is 0 Å². The number of para-hydroxylation sites is 2. The second kappa shape index (κ2) is 6.52. The molecule has 6 nitrogen and oxygen atoms in total. The number of carbonyl (C=O) groups excluding carboxylic acids is 1. The molecule has 2 aromatic rings. The highest BCUT2D eigenvalue weighted by atomic mass is 16.5. The largest absolute Gasteiger partial charge is 0.364 e. The van der Waals surface area contributed by atoms with Crippen molar-refractivity contribution in [2.45, 2.75) is 38.9 Å². The molecule has 2 heterocycles. The lowest BCUT2D eigenvalue weighted by molar-refractivity contribution is -0.126. The third kappa shape index (κ3) is 3.28. The van der Waals surface area contributed by atoms with Gasteiger partial charge in [0, 0.05) is 12.2 Å². The number of amides is 1. The summed E-state index contributed by atoms with van der Waals surface area (Å²) < 4.78 is 7.49. The van der Waals surface area contributed by atoms with Crippen LogP contribution in [0.2, 0.25) is 0 Å². The minimum absolute atomic E-state index is 0.0167. The number of carbonyl (C=O) groups is 1. The van der Waals surface area contributed by atoms with Crippen LogP contribution in [-0.4, -0.2) is 34.4 Å². The van der Waals surface area contributed by atoms with Crippen LogP contribution < -0.4 is 11.1 Å². The van der Waals surface area contributed by atoms with E-state index in [0.717, 1.165) is 29.2 Å². The van der Waals surface area contributed by atoms with Gasteiger partial charge in [0.2, 0.25) is 0 Å². The maximum Gasteiger partial charge on any atom is 0.253 e. The first-order valence-corrected chi connectivity index (χ1v) is 7.87. The first-order valence-electron chi connectivity index (χ1n) is 7.87. The number of nitrogens with zero attached hydrogens (tertiary/aromatic N) is 2. The average molecular weight is 314 g/mol. The van der Waals surface area contributed by atoms with Crippen molar-refractivity contribution in [3.8, 4) is 5.69 Å². The van der Waals surface area contributed by atoms with Crippen molar-refractivity contribution in [1.29, 1.82) is 0 Å². The van der Waals surface area contributed by atoms with Crippen molar-refractivity contribution in [2.24, 2.45) is 5.73 Å². The lowest BCUT2D eigenvalue weighted by Gasteiger charge is -2.15. The fourth-order valence-corrected chi connectivity index (χ4v) is 2.92. The molecule has 1 aromatic heterocycles. The number of rotatable bonds is 4. The Morgan fingerprint density at radius 1 is 1.39 bits per heavy atom. The zero-order valence-electron chi connectivity index (χ0n) is 13.5. The van der Waals surface area contributed by atoms with Gasteiger partial charge in [-0.1, -0.05) is 12.1 Å². The first kappa shape index (κ1) is 15.7. The molecule has 1 aliphatic heterocycles. The molecule has 1 amide bonds. The van der Waals surface area contributed by atoms with Gasteiger partial charge < -0.3 is 15.8 Å². The summed E-state index contributed by atoms with van der Waals surface area (Å²) in [5.74, 6) is -0.130. The highest BCUT2D eigenvalue weighted by Crippen LogP contribution is 2.24. The van der Waals surface area contributed by atoms with Crippen LogP contribution in [0.1, 0.15) is 24.2 Å². The number of aryl methyl sites for hydroxylation is 2. The van der Waals surface area contributed by atoms with Crippen molar-refractivity contribution in [1.82, 2.24) is 9.78 Å². The quantitative estimate of drug-likeness (QED) is 0.903. The molecule has 0 bridgehead atoms. The Kier molecular flexibility index (Phi) is 4.45. The van der Waals surface area contributed by atoms with Crippen molar-refractivity contribution < 1.29 is 9.53 Å². The van der Waals surface area contributed by atoms with Gasteiger partial charge in [-0.15, -0.1) is 0 Å². The molecule has 3 rings (SSSR count). The molecule has 3 N–H and O–H groups in total. The monoisotopic (exact) mass is 314 g/mol. The van der Waals surface area contributed by atoms with Gasteiger partial charge in [0.25, 0.3) is 5.91 Å². The molecular weight excluding hydrogens is 292 g/mol. The van der Waals surface area contributed by atoms with Gasteiger partial charge in [-0.3, -0.25) is 4.79 Å². The third-order valence-corrected chi connectivity index (χ3v) is 4.06. The molecular formula is C17H22N4O2. The van der Waals surface area contributed by atoms with E-state index < -0.39 is 6.10 Å². The third-order valence-electron chi connectivity index (χ3n) is 4.06. The Morgan fingerprint density at radius 2 is 2.17 bits per heavy atom. The van der Waals surface area contributed by atoms with E-state index in [9.17, 15) is 4.79 Å². The van der Waals surface area contributed by atoms with Crippen LogP contribution in [0.5, 0.6) is 0 Å². The number of hydrogen-bond acceptors (Lipinski definition) is 4. The molecule has 0 radical (unpaired) electrons. The minimum Gasteiger partial charge on any atom is -0.364 e. The predicted octanol–water partition coefficient (Wildman–Crippen LogP) is 1.93. The summed E-state index contributed by atoms with van der Waals surface area (Å²) in [7, 11) is 0. The molecule has 0 spiro atoms. The van der Waals surface area contributed by atoms with Crippen molar-refractivity contribution in [2.75, 3.05) is 11.9 Å². The van der Waals surface area contributed by atoms with Gasteiger partial charge in [-0.05, 0) is 44.9 Å². The van der Waals surface area contributed by atoms with Crippen LogP contribution in [0.25, 0.3) is 5.69 Å². The zero-order valence-corrected chi connectivity index (χ0v) is 13.5. The van der Waals surface area contributed by atoms with Crippen LogP contribution in [0.15, 0.2) is 30.3 Å². The summed E-state index contributed by atoms with van der Waals surface area (Å²) in [5, 5.41) is 7.46. The first-order chi connectivity index (χ1) is 11.1. The molecule has 0 aliphatic carbocycles. The maximum atomic E-state index is 12.4. The number of nitrogens with one attached hydrogen (secondary N) is 1. The molecule has 6 heteroatoms. The second-order valence-corrected chi connectivity index (χ2v) is 5.91. The Labute approximate surface area is 135 Å². The smallest absolute Gasteiger partial charge is 0.253 e. The summed E-state index contributed by atoms with van der Waals surface area (Å²) in [4.78, 5) is 12.4. The fourth-order valence-electron chi connectivity index (χ4n) is 2.92. The maximum absolute atomic E-state index is 12.4. The van der Waals surface area contributed by atoms with Crippen LogP contribution in [0.4, 0.5) is 5.69 Å². The van der Waals surface area contributed by atoms with E-state index in [1.165, 1.54) is 0 Å². The number of benzene rings is 1. The summed E-state index contributed by atoms with van der Waals surface area (Å²) in [6.07, 6.45) is 1.08. The van der Waals surface area contributed by atoms with Gasteiger partial charge in [-0.2, -0.15) is 5.10 Å². The van der Waals surface area contributed by atoms with Crippen molar-refractivity contribution >= 4 is 11.6 Å². The van der Waals surface area contributed by atoms with E-state index in [-0.39, 0.29) is 12.0 Å². The van der Waals surface area contributed by atoms with E-state index >= 15 is 0 Å². The van der Waals surface area contributed by atoms with E-state index in [1.54, 1.807) is 0 Å². The Hall–Kier alpha value is -2.18. The number of nitrogens with two attached hydrogens (primary N) is 1. The normalized spacial score (nSPS) is 20.7. The van der Waals surface area contributed by atoms with E-state index in [4.69, 9.17) is 10.5 Å². The van der Waals surface area contributed by atoms with Crippen molar-refractivity contribution in [3.63, 3.8) is 0 Å². The molecule has 0 saturated carbocycles. The van der Waals surface area contributed by atoms with Crippen LogP contribution in [-0.2, 0) is 9.53 Å². The van der Waals surface area contributed by atoms with E-state index in [2.05, 4.69) is 10.4 Å². The van der Waals surface area contributed by atoms with Gasteiger partial charge in [0.05, 0.1) is 23.2 Å². The molecule has 122 valence electrons. The Bertz CT molecular complexity index is 710. The number of ether oxygens (including phenoxy) is 1. The number of hydrogen-bond donors (Lipinski definition) is 2. The Balaban J connectivity index is 1.81. The number of aromatic nitrogens is 2. The minimum atomic E-state index is -0.433. The summed E-state index contributed by atoms with van der Waals surface area (Å²) in [6, 6.07) is 9.64. The summed E-state index contributed by atoms with van der Waals surface area (Å²) in [6.45, 7) is 4.39. The van der Waals surface area contributed by atoms with E-state index in [1.807, 2.05) is 48.9 Å². The molecule has 0 unspecified atom stereocenters. The summed E-state index contributed by atoms with van der Waals surface area (Å²) in [5.41, 5.74) is 9.13. The predicted molar refractivity (Wildman–Crippen MR) is 88.6 cm³/mol. The lowest BCUT2D eigenvalue weighted by Crippen LogP contribution is -2.30. The van der Waals surface area contributed by atoms with Gasteiger partial charge in [0.1, 0.15) is 6.10 Å². The lowest BCUT2D eigenvalue weighted by atomic mass is 10.2. The molecule has 23 heavy (non-hydrogen) atoms. The average Bonchev–Trinajstić information content (AvgIpc) is 3.14. The highest BCUT2D eigenvalue weighted by Gasteiger charge is 2.30. The molecule has 1 fully saturated rings. The number of anilines is 1. The SMILES string of the molecule is Cc1cc(C)n(-c2ccccc2NC(=O)[C@@H]2CC[C@H](CN)O2)n1. The van der Waals surface area contributed by atoms with E-state index in [0.29, 0.717) is 13.0 Å². The molecule has 1 aromatic carbocycles. The topological polar surface area (TPSA) is 82.2 Å². The van der Waals surface area contributed by atoms with Crippen LogP contribution in [0, 0.1) is 13.8 Å². The summed E-state index contributed by atoms with van der Waals surface area (Å²) >= 11 is 0. The van der Waals surface area contributed by atoms with Gasteiger partial charge in [-0.25, -0.2) is 4.68 Å². The molecule has 1 saturated heterocycles. The van der Waals surface area contributed by atoms with Gasteiger partial charge in [0.15, 0.2) is 0 Å². The standard InChI is InChI=1S/C17H22N4O2/c1-11-9-12(2)21(20-11)15-6-4-3-5-14(15)19-17(22)16-8-7-13(10-18)23-16/h3-6,9,13,16H,7-8,10,18H2,1-2H3,(H,19,22)/t13-,16+/m1/s1. The van der Waals surface area contributed by atoms with Gasteiger partial charge >= 0.3 is 0 Å². The van der Waals surface area contributed by atoms with Crippen LogP contribution in [0.3, 0.4) is 0 Å². The zero-order chi connectivity index (χ0) is 16.4. The fraction of sp³-hybridized carbons (Fsp3) is 0.412. The molecule has 2 atom stereocenters. The van der Waals surface area contributed by atoms with Crippen molar-refractivity contribution in [3.05, 3.63) is 41.7 Å². The Morgan fingerprint density at radius 3 is 2.83 bits per heavy atom. The highest BCUT2D eigenvalue weighted by molar-refractivity contribution is 5.96. The second-order valence-electron chi connectivity index (χ2n) is 5.91. The molecule has 1 aliphatic rings.